The van der Waals surface area contributed by atoms with Crippen molar-refractivity contribution in [3.8, 4) is 11.9 Å². The average Bonchev–Trinajstić information content (AvgIpc) is 2.51. The second kappa shape index (κ2) is 6.89. The van der Waals surface area contributed by atoms with Gasteiger partial charge in [-0.1, -0.05) is 0 Å². The number of nitrogens with one attached hydrogen (secondary N) is 1. The van der Waals surface area contributed by atoms with Crippen molar-refractivity contribution in [3.05, 3.63) is 29.3 Å². The summed E-state index contributed by atoms with van der Waals surface area (Å²) in [5, 5.41) is 22.4. The molecule has 1 aliphatic rings. The highest BCUT2D eigenvalue weighted by Crippen LogP contribution is 2.40. The normalized spacial score (nSPS) is 21.9. The van der Waals surface area contributed by atoms with Gasteiger partial charge in [-0.2, -0.15) is 10.3 Å². The lowest BCUT2D eigenvalue weighted by atomic mass is 9.86. The van der Waals surface area contributed by atoms with Crippen LogP contribution in [0.5, 0.6) is 5.75 Å². The van der Waals surface area contributed by atoms with E-state index in [-0.39, 0.29) is 6.61 Å². The van der Waals surface area contributed by atoms with Gasteiger partial charge < -0.3 is 19.9 Å². The number of carbonyl (C=O) groups excluding carboxylic acids is 1. The molecule has 2 N–H and O–H groups in total. The molecule has 0 bridgehead atoms. The van der Waals surface area contributed by atoms with Gasteiger partial charge in [-0.25, -0.2) is 4.79 Å². The van der Waals surface area contributed by atoms with E-state index in [9.17, 15) is 9.90 Å². The smallest absolute Gasteiger partial charge is 0.338 e. The molecule has 0 unspecified atom stereocenters. The predicted octanol–water partition coefficient (Wildman–Crippen LogP) is 1.93. The third-order valence-corrected chi connectivity index (χ3v) is 3.84. The molecule has 7 heteroatoms. The summed E-state index contributed by atoms with van der Waals surface area (Å²) in [4.78, 5) is 15.6. The Kier molecular flexibility index (Phi) is 5.10. The predicted molar refractivity (Wildman–Crippen MR) is 87.7 cm³/mol. The molecule has 1 aromatic rings. The van der Waals surface area contributed by atoms with Gasteiger partial charge in [0, 0.05) is 5.56 Å². The Hall–Kier alpha value is -2.59. The van der Waals surface area contributed by atoms with Crippen LogP contribution in [0.3, 0.4) is 0 Å². The van der Waals surface area contributed by atoms with E-state index in [0.29, 0.717) is 22.7 Å². The number of nitrogens with zero attached hydrogens (tertiary/aromatic N) is 2. The molecule has 0 radical (unpaired) electrons. The third-order valence-electron chi connectivity index (χ3n) is 3.84. The van der Waals surface area contributed by atoms with Gasteiger partial charge in [-0.3, -0.25) is 0 Å². The van der Waals surface area contributed by atoms with E-state index in [1.165, 1.54) is 0 Å². The molecule has 24 heavy (non-hydrogen) atoms. The number of aliphatic hydroxyl groups excluding tert-OH is 1. The van der Waals surface area contributed by atoms with Gasteiger partial charge in [0.2, 0.25) is 6.19 Å². The van der Waals surface area contributed by atoms with Gasteiger partial charge in [0.1, 0.15) is 23.3 Å². The molecule has 0 fully saturated rings. The number of nitriles is 1. The van der Waals surface area contributed by atoms with Crippen LogP contribution >= 0.6 is 0 Å². The summed E-state index contributed by atoms with van der Waals surface area (Å²) in [7, 11) is 0. The van der Waals surface area contributed by atoms with E-state index in [0.717, 1.165) is 0 Å². The van der Waals surface area contributed by atoms with Crippen molar-refractivity contribution >= 4 is 11.8 Å². The van der Waals surface area contributed by atoms with Crippen LogP contribution in [0.1, 0.15) is 49.7 Å². The van der Waals surface area contributed by atoms with Gasteiger partial charge in [0.15, 0.2) is 0 Å². The van der Waals surface area contributed by atoms with Crippen LogP contribution in [0.25, 0.3) is 0 Å². The molecule has 1 aliphatic heterocycles. The average molecular weight is 331 g/mol. The van der Waals surface area contributed by atoms with Crippen molar-refractivity contribution in [1.82, 2.24) is 5.32 Å². The van der Waals surface area contributed by atoms with Crippen LogP contribution < -0.4 is 10.1 Å². The van der Waals surface area contributed by atoms with Crippen molar-refractivity contribution in [1.29, 1.82) is 5.26 Å². The standard InChI is InChI=1S/C17H21N3O4/c1-5-23-16(22)11-6-7-13-12(8-11)14(20-10(2)19-9-18)15(21)17(3,4)24-13/h6-8,14-15,21H,5H2,1-4H3,(H,19,20)/t14-,15+/m1/s1. The molecule has 1 heterocycles. The highest BCUT2D eigenvalue weighted by Gasteiger charge is 2.43. The molecule has 1 aromatic carbocycles. The SMILES string of the molecule is CCOC(=O)c1ccc2c(c1)[C@@H](NC(C)=NC#N)[C@H](O)C(C)(C)O2. The fourth-order valence-corrected chi connectivity index (χ4v) is 2.63. The first-order valence-electron chi connectivity index (χ1n) is 7.68. The quantitative estimate of drug-likeness (QED) is 0.379. The zero-order chi connectivity index (χ0) is 17.9. The lowest BCUT2D eigenvalue weighted by Crippen LogP contribution is -2.53. The van der Waals surface area contributed by atoms with E-state index in [4.69, 9.17) is 14.7 Å². The van der Waals surface area contributed by atoms with Crippen LogP contribution in [0.2, 0.25) is 0 Å². The van der Waals surface area contributed by atoms with E-state index < -0.39 is 23.7 Å². The Balaban J connectivity index is 2.47. The van der Waals surface area contributed by atoms with E-state index in [1.807, 2.05) is 0 Å². The Morgan fingerprint density at radius 2 is 2.25 bits per heavy atom. The first-order valence-corrected chi connectivity index (χ1v) is 7.68. The maximum absolute atomic E-state index is 12.0. The zero-order valence-corrected chi connectivity index (χ0v) is 14.2. The van der Waals surface area contributed by atoms with E-state index in [2.05, 4.69) is 10.3 Å². The maximum Gasteiger partial charge on any atom is 0.338 e. The maximum atomic E-state index is 12.0. The molecule has 0 saturated carbocycles. The minimum Gasteiger partial charge on any atom is -0.485 e. The van der Waals surface area contributed by atoms with Gasteiger partial charge in [-0.05, 0) is 45.9 Å². The van der Waals surface area contributed by atoms with E-state index >= 15 is 0 Å². The molecule has 0 saturated heterocycles. The Bertz CT molecular complexity index is 706. The number of amidine groups is 1. The fourth-order valence-electron chi connectivity index (χ4n) is 2.63. The van der Waals surface area contributed by atoms with Gasteiger partial charge in [0.05, 0.1) is 18.2 Å². The Morgan fingerprint density at radius 3 is 2.88 bits per heavy atom. The molecule has 2 atom stereocenters. The van der Waals surface area contributed by atoms with E-state index in [1.54, 1.807) is 52.1 Å². The topological polar surface area (TPSA) is 104 Å². The van der Waals surface area contributed by atoms with Gasteiger partial charge in [-0.15, -0.1) is 0 Å². The molecular weight excluding hydrogens is 310 g/mol. The number of fused-ring (bicyclic) bond motifs is 1. The summed E-state index contributed by atoms with van der Waals surface area (Å²) >= 11 is 0. The number of esters is 1. The van der Waals surface area contributed by atoms with Crippen molar-refractivity contribution in [2.24, 2.45) is 4.99 Å². The minimum atomic E-state index is -0.911. The molecule has 0 aliphatic carbocycles. The first-order chi connectivity index (χ1) is 11.3. The Labute approximate surface area is 140 Å². The first kappa shape index (κ1) is 17.8. The van der Waals surface area contributed by atoms with Gasteiger partial charge >= 0.3 is 5.97 Å². The molecule has 0 spiro atoms. The van der Waals surface area contributed by atoms with Crippen molar-refractivity contribution < 1.29 is 19.4 Å². The largest absolute Gasteiger partial charge is 0.485 e. The highest BCUT2D eigenvalue weighted by atomic mass is 16.5. The number of rotatable bonds is 3. The summed E-state index contributed by atoms with van der Waals surface area (Å²) in [6.07, 6.45) is 0.791. The lowest BCUT2D eigenvalue weighted by Gasteiger charge is -2.42. The third kappa shape index (κ3) is 3.49. The van der Waals surface area contributed by atoms with Crippen LogP contribution in [0.4, 0.5) is 0 Å². The number of carbonyl (C=O) groups is 1. The van der Waals surface area contributed by atoms with Gasteiger partial charge in [0.25, 0.3) is 0 Å². The van der Waals surface area contributed by atoms with Crippen molar-refractivity contribution in [2.45, 2.75) is 45.4 Å². The number of aliphatic imine (C=N–C) groups is 1. The number of hydrogen-bond acceptors (Lipinski definition) is 6. The molecule has 0 aromatic heterocycles. The van der Waals surface area contributed by atoms with Crippen LogP contribution in [0, 0.1) is 11.5 Å². The summed E-state index contributed by atoms with van der Waals surface area (Å²) in [6.45, 7) is 7.18. The summed E-state index contributed by atoms with van der Waals surface area (Å²) < 4.78 is 10.9. The molecular formula is C17H21N3O4. The monoisotopic (exact) mass is 331 g/mol. The fraction of sp³-hybridized carbons (Fsp3) is 0.471. The molecule has 0 amide bonds. The molecule has 128 valence electrons. The Morgan fingerprint density at radius 1 is 1.54 bits per heavy atom. The summed E-state index contributed by atoms with van der Waals surface area (Å²) in [5.41, 5.74) is 0.135. The second-order valence-corrected chi connectivity index (χ2v) is 6.04. The summed E-state index contributed by atoms with van der Waals surface area (Å²) in [6, 6.07) is 4.36. The van der Waals surface area contributed by atoms with Crippen LogP contribution in [-0.4, -0.2) is 35.2 Å². The zero-order valence-electron chi connectivity index (χ0n) is 14.2. The lowest BCUT2D eigenvalue weighted by molar-refractivity contribution is -0.0610. The summed E-state index contributed by atoms with van der Waals surface area (Å²) in [5.74, 6) is 0.480. The highest BCUT2D eigenvalue weighted by molar-refractivity contribution is 5.90. The van der Waals surface area contributed by atoms with Crippen LogP contribution in [-0.2, 0) is 4.74 Å². The number of hydrogen-bond donors (Lipinski definition) is 2. The second-order valence-electron chi connectivity index (χ2n) is 6.04. The van der Waals surface area contributed by atoms with Crippen molar-refractivity contribution in [3.63, 3.8) is 0 Å². The molecule has 2 rings (SSSR count). The minimum absolute atomic E-state index is 0.275. The van der Waals surface area contributed by atoms with Crippen molar-refractivity contribution in [2.75, 3.05) is 6.61 Å². The number of benzene rings is 1. The number of ether oxygens (including phenoxy) is 2. The van der Waals surface area contributed by atoms with Crippen LogP contribution in [0.15, 0.2) is 23.2 Å². The number of aliphatic hydroxyl groups is 1. The molecule has 7 nitrogen and oxygen atoms in total.